The number of carbonyl (C=O) groups is 4. The Bertz CT molecular complexity index is 819. The van der Waals surface area contributed by atoms with Crippen LogP contribution in [-0.4, -0.2) is 41.7 Å². The van der Waals surface area contributed by atoms with Gasteiger partial charge in [-0.2, -0.15) is 0 Å². The molecule has 7 nitrogen and oxygen atoms in total. The van der Waals surface area contributed by atoms with E-state index in [4.69, 9.17) is 4.74 Å². The van der Waals surface area contributed by atoms with Crippen LogP contribution in [0.1, 0.15) is 30.9 Å². The van der Waals surface area contributed by atoms with E-state index in [1.165, 1.54) is 0 Å². The Labute approximate surface area is 163 Å². The van der Waals surface area contributed by atoms with Crippen molar-refractivity contribution in [1.82, 2.24) is 4.90 Å². The predicted octanol–water partition coefficient (Wildman–Crippen LogP) is 1.99. The summed E-state index contributed by atoms with van der Waals surface area (Å²) < 4.78 is 4.99. The standard InChI is InChI=1S/C21H24N2O5/c1-3-14-8-6-7-13(2)19(14)22-17(24)12-28-18(25)11-23-20(26)15-9-4-5-10-16(15)21(23)27/h4-8,15-16H,3,9-12H2,1-2H3,(H,22,24)/t15-,16+. The van der Waals surface area contributed by atoms with Gasteiger partial charge in [-0.25, -0.2) is 0 Å². The number of rotatable bonds is 6. The number of hydrogen-bond donors (Lipinski definition) is 1. The van der Waals surface area contributed by atoms with Crippen molar-refractivity contribution in [2.24, 2.45) is 11.8 Å². The lowest BCUT2D eigenvalue weighted by molar-refractivity contribution is -0.154. The van der Waals surface area contributed by atoms with Crippen molar-refractivity contribution >= 4 is 29.4 Å². The molecule has 3 rings (SSSR count). The number of fused-ring (bicyclic) bond motifs is 1. The highest BCUT2D eigenvalue weighted by atomic mass is 16.5. The summed E-state index contributed by atoms with van der Waals surface area (Å²) in [6, 6.07) is 5.73. The molecule has 1 aliphatic heterocycles. The number of likely N-dealkylation sites (tertiary alicyclic amines) is 1. The number of hydrogen-bond acceptors (Lipinski definition) is 5. The molecule has 0 saturated carbocycles. The van der Waals surface area contributed by atoms with Crippen molar-refractivity contribution < 1.29 is 23.9 Å². The maximum absolute atomic E-state index is 12.4. The number of amides is 3. The maximum Gasteiger partial charge on any atom is 0.326 e. The lowest BCUT2D eigenvalue weighted by Gasteiger charge is -2.15. The van der Waals surface area contributed by atoms with E-state index in [1.54, 1.807) is 0 Å². The highest BCUT2D eigenvalue weighted by Crippen LogP contribution is 2.34. The van der Waals surface area contributed by atoms with E-state index >= 15 is 0 Å². The Balaban J connectivity index is 1.53. The Morgan fingerprint density at radius 2 is 1.79 bits per heavy atom. The van der Waals surface area contributed by atoms with Crippen LogP contribution in [0.4, 0.5) is 5.69 Å². The Hall–Kier alpha value is -2.96. The normalized spacial score (nSPS) is 20.9. The minimum absolute atomic E-state index is 0.340. The molecule has 0 unspecified atom stereocenters. The number of allylic oxidation sites excluding steroid dienone is 2. The molecular formula is C21H24N2O5. The number of aryl methyl sites for hydroxylation is 2. The average molecular weight is 384 g/mol. The summed E-state index contributed by atoms with van der Waals surface area (Å²) in [5, 5.41) is 2.77. The van der Waals surface area contributed by atoms with Gasteiger partial charge in [-0.05, 0) is 37.3 Å². The van der Waals surface area contributed by atoms with Crippen molar-refractivity contribution in [3.63, 3.8) is 0 Å². The SMILES string of the molecule is CCc1cccc(C)c1NC(=O)COC(=O)CN1C(=O)[C@H]2CC=CC[C@H]2C1=O. The van der Waals surface area contributed by atoms with E-state index < -0.39 is 25.0 Å². The first-order valence-electron chi connectivity index (χ1n) is 9.46. The minimum atomic E-state index is -0.774. The summed E-state index contributed by atoms with van der Waals surface area (Å²) >= 11 is 0. The number of esters is 1. The third-order valence-corrected chi connectivity index (χ3v) is 5.25. The third kappa shape index (κ3) is 3.98. The highest BCUT2D eigenvalue weighted by Gasteiger charge is 2.47. The van der Waals surface area contributed by atoms with Crippen molar-refractivity contribution in [3.8, 4) is 0 Å². The van der Waals surface area contributed by atoms with Gasteiger partial charge < -0.3 is 10.1 Å². The second-order valence-corrected chi connectivity index (χ2v) is 7.09. The average Bonchev–Trinajstić information content (AvgIpc) is 2.93. The Morgan fingerprint density at radius 3 is 2.39 bits per heavy atom. The van der Waals surface area contributed by atoms with Crippen LogP contribution in [0, 0.1) is 18.8 Å². The number of para-hydroxylation sites is 1. The van der Waals surface area contributed by atoms with Crippen LogP contribution in [0.5, 0.6) is 0 Å². The summed E-state index contributed by atoms with van der Waals surface area (Å²) in [7, 11) is 0. The molecule has 7 heteroatoms. The molecule has 1 N–H and O–H groups in total. The zero-order valence-corrected chi connectivity index (χ0v) is 16.1. The molecule has 1 heterocycles. The molecule has 0 radical (unpaired) electrons. The number of nitrogens with zero attached hydrogens (tertiary/aromatic N) is 1. The van der Waals surface area contributed by atoms with Crippen LogP contribution in [-0.2, 0) is 30.3 Å². The van der Waals surface area contributed by atoms with Crippen LogP contribution in [0.15, 0.2) is 30.4 Å². The van der Waals surface area contributed by atoms with Gasteiger partial charge in [0.05, 0.1) is 11.8 Å². The molecule has 2 aliphatic rings. The monoisotopic (exact) mass is 384 g/mol. The van der Waals surface area contributed by atoms with Gasteiger partial charge >= 0.3 is 5.97 Å². The third-order valence-electron chi connectivity index (χ3n) is 5.25. The van der Waals surface area contributed by atoms with E-state index in [0.29, 0.717) is 18.5 Å². The highest BCUT2D eigenvalue weighted by molar-refractivity contribution is 6.07. The van der Waals surface area contributed by atoms with Gasteiger partial charge in [-0.15, -0.1) is 0 Å². The predicted molar refractivity (Wildman–Crippen MR) is 102 cm³/mol. The fourth-order valence-electron chi connectivity index (χ4n) is 3.72. The van der Waals surface area contributed by atoms with Crippen LogP contribution in [0.2, 0.25) is 0 Å². The van der Waals surface area contributed by atoms with Gasteiger partial charge in [0, 0.05) is 5.69 Å². The zero-order valence-electron chi connectivity index (χ0n) is 16.1. The molecule has 2 atom stereocenters. The quantitative estimate of drug-likeness (QED) is 0.460. The smallest absolute Gasteiger partial charge is 0.326 e. The lowest BCUT2D eigenvalue weighted by Crippen LogP contribution is -2.37. The second-order valence-electron chi connectivity index (χ2n) is 7.09. The molecule has 1 fully saturated rings. The van der Waals surface area contributed by atoms with Crippen LogP contribution in [0.3, 0.4) is 0 Å². The first-order valence-corrected chi connectivity index (χ1v) is 9.46. The summed E-state index contributed by atoms with van der Waals surface area (Å²) in [6.45, 7) is 2.95. The van der Waals surface area contributed by atoms with Gasteiger partial charge in [-0.1, -0.05) is 37.3 Å². The summed E-state index contributed by atoms with van der Waals surface area (Å²) in [5.74, 6) is -2.69. The van der Waals surface area contributed by atoms with Gasteiger partial charge in [0.15, 0.2) is 6.61 Å². The first kappa shape index (κ1) is 19.8. The van der Waals surface area contributed by atoms with E-state index in [1.807, 2.05) is 44.2 Å². The van der Waals surface area contributed by atoms with E-state index in [9.17, 15) is 19.2 Å². The van der Waals surface area contributed by atoms with E-state index in [-0.39, 0.29) is 23.7 Å². The van der Waals surface area contributed by atoms with Crippen molar-refractivity contribution in [3.05, 3.63) is 41.5 Å². The molecule has 0 spiro atoms. The molecule has 148 valence electrons. The first-order chi connectivity index (χ1) is 13.4. The molecule has 1 aromatic rings. The number of anilines is 1. The van der Waals surface area contributed by atoms with Crippen molar-refractivity contribution in [2.45, 2.75) is 33.1 Å². The van der Waals surface area contributed by atoms with Gasteiger partial charge in [0.2, 0.25) is 11.8 Å². The number of carbonyl (C=O) groups excluding carboxylic acids is 4. The number of nitrogens with one attached hydrogen (secondary N) is 1. The maximum atomic E-state index is 12.4. The van der Waals surface area contributed by atoms with Crippen molar-refractivity contribution in [2.75, 3.05) is 18.5 Å². The Morgan fingerprint density at radius 1 is 1.14 bits per heavy atom. The fourth-order valence-corrected chi connectivity index (χ4v) is 3.72. The Kier molecular flexibility index (Phi) is 5.92. The van der Waals surface area contributed by atoms with E-state index in [0.717, 1.165) is 22.4 Å². The second kappa shape index (κ2) is 8.37. The number of imide groups is 1. The lowest BCUT2D eigenvalue weighted by atomic mass is 9.85. The summed E-state index contributed by atoms with van der Waals surface area (Å²) in [4.78, 5) is 49.9. The molecule has 0 aromatic heterocycles. The molecular weight excluding hydrogens is 360 g/mol. The molecule has 0 bridgehead atoms. The largest absolute Gasteiger partial charge is 0.454 e. The number of ether oxygens (including phenoxy) is 1. The topological polar surface area (TPSA) is 92.8 Å². The molecule has 28 heavy (non-hydrogen) atoms. The van der Waals surface area contributed by atoms with Crippen molar-refractivity contribution in [1.29, 1.82) is 0 Å². The van der Waals surface area contributed by atoms with Gasteiger partial charge in [0.1, 0.15) is 6.54 Å². The van der Waals surface area contributed by atoms with E-state index in [2.05, 4.69) is 5.32 Å². The zero-order chi connectivity index (χ0) is 20.3. The van der Waals surface area contributed by atoms with Crippen LogP contribution < -0.4 is 5.32 Å². The minimum Gasteiger partial charge on any atom is -0.454 e. The van der Waals surface area contributed by atoms with Gasteiger partial charge in [-0.3, -0.25) is 24.1 Å². The molecule has 1 saturated heterocycles. The fraction of sp³-hybridized carbons (Fsp3) is 0.429. The van der Waals surface area contributed by atoms with Gasteiger partial charge in [0.25, 0.3) is 5.91 Å². The summed E-state index contributed by atoms with van der Waals surface area (Å²) in [6.07, 6.45) is 5.55. The van der Waals surface area contributed by atoms with Crippen LogP contribution in [0.25, 0.3) is 0 Å². The van der Waals surface area contributed by atoms with Crippen LogP contribution >= 0.6 is 0 Å². The molecule has 1 aromatic carbocycles. The summed E-state index contributed by atoms with van der Waals surface area (Å²) in [5.41, 5.74) is 2.63. The molecule has 3 amide bonds. The molecule has 1 aliphatic carbocycles. The number of benzene rings is 1.